The number of aromatic nitrogens is 2. The van der Waals surface area contributed by atoms with E-state index < -0.39 is 0 Å². The van der Waals surface area contributed by atoms with Crippen molar-refractivity contribution in [3.63, 3.8) is 0 Å². The van der Waals surface area contributed by atoms with Crippen molar-refractivity contribution in [2.45, 2.75) is 26.9 Å². The SMILES string of the molecule is C=C(C)C(=O)NCc1nc(C)cn1Cc1ccccc1. The summed E-state index contributed by atoms with van der Waals surface area (Å²) in [5.74, 6) is 0.706. The zero-order chi connectivity index (χ0) is 14.5. The van der Waals surface area contributed by atoms with Crippen molar-refractivity contribution in [2.24, 2.45) is 0 Å². The summed E-state index contributed by atoms with van der Waals surface area (Å²) in [5.41, 5.74) is 2.65. The summed E-state index contributed by atoms with van der Waals surface area (Å²) in [6.45, 7) is 8.42. The van der Waals surface area contributed by atoms with Crippen LogP contribution in [-0.4, -0.2) is 15.5 Å². The fourth-order valence-corrected chi connectivity index (χ4v) is 1.97. The molecule has 0 radical (unpaired) electrons. The average molecular weight is 269 g/mol. The highest BCUT2D eigenvalue weighted by molar-refractivity contribution is 5.91. The van der Waals surface area contributed by atoms with E-state index >= 15 is 0 Å². The average Bonchev–Trinajstić information content (AvgIpc) is 2.77. The van der Waals surface area contributed by atoms with Gasteiger partial charge in [-0.1, -0.05) is 36.9 Å². The molecule has 0 aliphatic rings. The molecule has 0 saturated carbocycles. The van der Waals surface area contributed by atoms with Crippen LogP contribution in [0.1, 0.15) is 24.0 Å². The largest absolute Gasteiger partial charge is 0.345 e. The Kier molecular flexibility index (Phi) is 4.35. The van der Waals surface area contributed by atoms with Crippen LogP contribution in [0.25, 0.3) is 0 Å². The van der Waals surface area contributed by atoms with Crippen LogP contribution in [0.5, 0.6) is 0 Å². The third-order valence-corrected chi connectivity index (χ3v) is 2.97. The Hall–Kier alpha value is -2.36. The molecular weight excluding hydrogens is 250 g/mol. The van der Waals surface area contributed by atoms with E-state index in [0.29, 0.717) is 12.1 Å². The van der Waals surface area contributed by atoms with Crippen LogP contribution in [0.2, 0.25) is 0 Å². The minimum absolute atomic E-state index is 0.142. The summed E-state index contributed by atoms with van der Waals surface area (Å²) in [6, 6.07) is 10.2. The Morgan fingerprint density at radius 2 is 2.05 bits per heavy atom. The van der Waals surface area contributed by atoms with Gasteiger partial charge in [0.2, 0.25) is 5.91 Å². The molecule has 4 heteroatoms. The predicted octanol–water partition coefficient (Wildman–Crippen LogP) is 2.43. The van der Waals surface area contributed by atoms with Gasteiger partial charge in [0.15, 0.2) is 0 Å². The topological polar surface area (TPSA) is 46.9 Å². The van der Waals surface area contributed by atoms with Gasteiger partial charge in [-0.05, 0) is 19.4 Å². The molecule has 0 atom stereocenters. The lowest BCUT2D eigenvalue weighted by Gasteiger charge is -2.09. The van der Waals surface area contributed by atoms with Gasteiger partial charge in [0.05, 0.1) is 12.2 Å². The highest BCUT2D eigenvalue weighted by Crippen LogP contribution is 2.08. The molecule has 1 amide bonds. The number of benzene rings is 1. The van der Waals surface area contributed by atoms with Gasteiger partial charge in [-0.25, -0.2) is 4.98 Å². The molecular formula is C16H19N3O. The van der Waals surface area contributed by atoms with Gasteiger partial charge in [0, 0.05) is 18.3 Å². The molecule has 0 aliphatic carbocycles. The van der Waals surface area contributed by atoms with Crippen LogP contribution in [-0.2, 0) is 17.9 Å². The number of aryl methyl sites for hydroxylation is 1. The van der Waals surface area contributed by atoms with E-state index in [1.165, 1.54) is 5.56 Å². The number of hydrogen-bond donors (Lipinski definition) is 1. The summed E-state index contributed by atoms with van der Waals surface area (Å²) in [6.07, 6.45) is 2.00. The number of hydrogen-bond acceptors (Lipinski definition) is 2. The van der Waals surface area contributed by atoms with Gasteiger partial charge in [0.25, 0.3) is 0 Å². The zero-order valence-electron chi connectivity index (χ0n) is 11.9. The van der Waals surface area contributed by atoms with Crippen LogP contribution < -0.4 is 5.32 Å². The first-order valence-corrected chi connectivity index (χ1v) is 6.56. The van der Waals surface area contributed by atoms with Crippen molar-refractivity contribution >= 4 is 5.91 Å². The first-order chi connectivity index (χ1) is 9.56. The number of carbonyl (C=O) groups excluding carboxylic acids is 1. The molecule has 0 bridgehead atoms. The second-order valence-corrected chi connectivity index (χ2v) is 4.88. The lowest BCUT2D eigenvalue weighted by Crippen LogP contribution is -2.25. The standard InChI is InChI=1S/C16H19N3O/c1-12(2)16(20)17-9-15-18-13(3)10-19(15)11-14-7-5-4-6-8-14/h4-8,10H,1,9,11H2,2-3H3,(H,17,20). The quantitative estimate of drug-likeness (QED) is 0.847. The normalized spacial score (nSPS) is 10.3. The molecule has 0 fully saturated rings. The van der Waals surface area contributed by atoms with Crippen LogP contribution in [0, 0.1) is 6.92 Å². The maximum atomic E-state index is 11.5. The second kappa shape index (κ2) is 6.19. The van der Waals surface area contributed by atoms with Gasteiger partial charge < -0.3 is 9.88 Å². The zero-order valence-corrected chi connectivity index (χ0v) is 11.9. The van der Waals surface area contributed by atoms with Crippen LogP contribution >= 0.6 is 0 Å². The van der Waals surface area contributed by atoms with E-state index in [2.05, 4.69) is 33.6 Å². The fraction of sp³-hybridized carbons (Fsp3) is 0.250. The number of nitrogens with one attached hydrogen (secondary N) is 1. The van der Waals surface area contributed by atoms with Crippen molar-refractivity contribution in [2.75, 3.05) is 0 Å². The van der Waals surface area contributed by atoms with Gasteiger partial charge in [0.1, 0.15) is 5.82 Å². The Morgan fingerprint density at radius 1 is 1.35 bits per heavy atom. The molecule has 20 heavy (non-hydrogen) atoms. The number of nitrogens with zero attached hydrogens (tertiary/aromatic N) is 2. The van der Waals surface area contributed by atoms with Crippen molar-refractivity contribution in [3.05, 3.63) is 65.8 Å². The lowest BCUT2D eigenvalue weighted by molar-refractivity contribution is -0.117. The molecule has 0 spiro atoms. The number of rotatable bonds is 5. The summed E-state index contributed by atoms with van der Waals surface area (Å²) in [7, 11) is 0. The molecule has 1 aromatic heterocycles. The van der Waals surface area contributed by atoms with Crippen molar-refractivity contribution in [1.29, 1.82) is 0 Å². The highest BCUT2D eigenvalue weighted by Gasteiger charge is 2.08. The van der Waals surface area contributed by atoms with E-state index in [0.717, 1.165) is 18.1 Å². The number of carbonyl (C=O) groups is 1. The molecule has 0 unspecified atom stereocenters. The molecule has 1 N–H and O–H groups in total. The van der Waals surface area contributed by atoms with Crippen LogP contribution in [0.3, 0.4) is 0 Å². The maximum absolute atomic E-state index is 11.5. The van der Waals surface area contributed by atoms with E-state index in [-0.39, 0.29) is 5.91 Å². The Morgan fingerprint density at radius 3 is 2.70 bits per heavy atom. The maximum Gasteiger partial charge on any atom is 0.246 e. The Balaban J connectivity index is 2.10. The third-order valence-electron chi connectivity index (χ3n) is 2.97. The van der Waals surface area contributed by atoms with Crippen LogP contribution in [0.15, 0.2) is 48.7 Å². The molecule has 1 heterocycles. The molecule has 0 aliphatic heterocycles. The Labute approximate surface area is 119 Å². The molecule has 1 aromatic carbocycles. The van der Waals surface area contributed by atoms with Gasteiger partial charge in [-0.2, -0.15) is 0 Å². The van der Waals surface area contributed by atoms with Gasteiger partial charge in [-0.15, -0.1) is 0 Å². The van der Waals surface area contributed by atoms with E-state index in [1.807, 2.05) is 31.3 Å². The summed E-state index contributed by atoms with van der Waals surface area (Å²) in [5, 5.41) is 2.82. The monoisotopic (exact) mass is 269 g/mol. The third kappa shape index (κ3) is 3.57. The van der Waals surface area contributed by atoms with Gasteiger partial charge >= 0.3 is 0 Å². The minimum atomic E-state index is -0.142. The summed E-state index contributed by atoms with van der Waals surface area (Å²) < 4.78 is 2.06. The lowest BCUT2D eigenvalue weighted by atomic mass is 10.2. The fourth-order valence-electron chi connectivity index (χ4n) is 1.97. The predicted molar refractivity (Wildman–Crippen MR) is 79.2 cm³/mol. The molecule has 2 aromatic rings. The first kappa shape index (κ1) is 14.1. The molecule has 4 nitrogen and oxygen atoms in total. The van der Waals surface area contributed by atoms with E-state index in [4.69, 9.17) is 0 Å². The molecule has 2 rings (SSSR count). The van der Waals surface area contributed by atoms with Crippen molar-refractivity contribution in [1.82, 2.24) is 14.9 Å². The van der Waals surface area contributed by atoms with Crippen molar-refractivity contribution in [3.8, 4) is 0 Å². The number of amides is 1. The van der Waals surface area contributed by atoms with Gasteiger partial charge in [-0.3, -0.25) is 4.79 Å². The van der Waals surface area contributed by atoms with E-state index in [1.54, 1.807) is 6.92 Å². The second-order valence-electron chi connectivity index (χ2n) is 4.88. The smallest absolute Gasteiger partial charge is 0.246 e. The summed E-state index contributed by atoms with van der Waals surface area (Å²) in [4.78, 5) is 16.0. The first-order valence-electron chi connectivity index (χ1n) is 6.56. The van der Waals surface area contributed by atoms with E-state index in [9.17, 15) is 4.79 Å². The number of imidazole rings is 1. The Bertz CT molecular complexity index is 614. The minimum Gasteiger partial charge on any atom is -0.345 e. The van der Waals surface area contributed by atoms with Crippen LogP contribution in [0.4, 0.5) is 0 Å². The molecule has 104 valence electrons. The molecule has 0 saturated heterocycles. The summed E-state index contributed by atoms with van der Waals surface area (Å²) >= 11 is 0. The van der Waals surface area contributed by atoms with Crippen molar-refractivity contribution < 1.29 is 4.79 Å². The highest BCUT2D eigenvalue weighted by atomic mass is 16.1.